The second-order valence-electron chi connectivity index (χ2n) is 6.16. The minimum atomic E-state index is -0.854. The van der Waals surface area contributed by atoms with Crippen molar-refractivity contribution in [3.8, 4) is 5.75 Å². The average molecular weight is 324 g/mol. The fourth-order valence-electron chi connectivity index (χ4n) is 2.99. The molecule has 0 aromatic carbocycles. The maximum atomic E-state index is 11.7. The molecule has 1 aromatic rings. The monoisotopic (exact) mass is 324 g/mol. The largest absolute Gasteiger partial charge is 0.503 e. The van der Waals surface area contributed by atoms with E-state index in [1.54, 1.807) is 4.57 Å². The fourth-order valence-corrected chi connectivity index (χ4v) is 2.99. The topological polar surface area (TPSA) is 92.0 Å². The van der Waals surface area contributed by atoms with Crippen LogP contribution in [0.25, 0.3) is 0 Å². The van der Waals surface area contributed by atoms with Gasteiger partial charge in [0.1, 0.15) is 0 Å². The highest BCUT2D eigenvalue weighted by Gasteiger charge is 2.23. The number of nitrogens with zero attached hydrogens (tertiary/aromatic N) is 2. The van der Waals surface area contributed by atoms with Crippen molar-refractivity contribution < 1.29 is 19.7 Å². The Bertz CT molecular complexity index is 603. The van der Waals surface area contributed by atoms with Gasteiger partial charge in [0, 0.05) is 44.4 Å². The number of morpholine rings is 1. The average Bonchev–Trinajstić information content (AvgIpc) is 2.42. The molecule has 0 bridgehead atoms. The lowest BCUT2D eigenvalue weighted by Gasteiger charge is -2.35. The van der Waals surface area contributed by atoms with Crippen LogP contribution in [0, 0.1) is 0 Å². The molecule has 2 rings (SSSR count). The van der Waals surface area contributed by atoms with Crippen LogP contribution in [0.3, 0.4) is 0 Å². The van der Waals surface area contributed by atoms with E-state index in [1.165, 1.54) is 12.3 Å². The van der Waals surface area contributed by atoms with Crippen LogP contribution in [0.4, 0.5) is 0 Å². The van der Waals surface area contributed by atoms with Gasteiger partial charge >= 0.3 is 5.97 Å². The van der Waals surface area contributed by atoms with Crippen molar-refractivity contribution in [2.75, 3.05) is 13.1 Å². The van der Waals surface area contributed by atoms with Gasteiger partial charge in [0.15, 0.2) is 5.75 Å². The van der Waals surface area contributed by atoms with Gasteiger partial charge in [-0.05, 0) is 20.3 Å². The smallest absolute Gasteiger partial charge is 0.303 e. The summed E-state index contributed by atoms with van der Waals surface area (Å²) in [6.45, 7) is 6.59. The first kappa shape index (κ1) is 17.5. The number of hydrogen-bond acceptors (Lipinski definition) is 5. The van der Waals surface area contributed by atoms with Gasteiger partial charge in [-0.3, -0.25) is 14.5 Å². The van der Waals surface area contributed by atoms with Crippen LogP contribution in [-0.4, -0.2) is 50.9 Å². The quantitative estimate of drug-likeness (QED) is 0.812. The molecule has 7 nitrogen and oxygen atoms in total. The van der Waals surface area contributed by atoms with Crippen LogP contribution >= 0.6 is 0 Å². The molecule has 1 fully saturated rings. The summed E-state index contributed by atoms with van der Waals surface area (Å²) in [5.74, 6) is -1.17. The summed E-state index contributed by atoms with van der Waals surface area (Å²) in [5.41, 5.74) is 0.364. The van der Waals surface area contributed by atoms with Crippen LogP contribution in [0.5, 0.6) is 5.75 Å². The maximum absolute atomic E-state index is 11.7. The molecule has 1 aromatic heterocycles. The molecule has 0 radical (unpaired) electrons. The second kappa shape index (κ2) is 7.61. The Hall–Kier alpha value is -1.86. The number of carboxylic acid groups (broad SMARTS) is 1. The van der Waals surface area contributed by atoms with E-state index in [-0.39, 0.29) is 24.4 Å². The molecule has 1 saturated heterocycles. The van der Waals surface area contributed by atoms with Crippen LogP contribution in [0.1, 0.15) is 32.4 Å². The molecule has 2 heterocycles. The van der Waals surface area contributed by atoms with Crippen molar-refractivity contribution in [2.45, 2.75) is 52.0 Å². The molecule has 2 N–H and O–H groups in total. The van der Waals surface area contributed by atoms with Crippen molar-refractivity contribution in [3.05, 3.63) is 28.2 Å². The first-order valence-electron chi connectivity index (χ1n) is 7.87. The Morgan fingerprint density at radius 1 is 1.35 bits per heavy atom. The van der Waals surface area contributed by atoms with Gasteiger partial charge in [0.25, 0.3) is 0 Å². The SMILES string of the molecule is CC1CN(Cc2cc(=O)c(O)cn2CCCC(=O)O)CC(C)O1. The van der Waals surface area contributed by atoms with Crippen molar-refractivity contribution in [2.24, 2.45) is 0 Å². The normalized spacial score (nSPS) is 22.2. The Labute approximate surface area is 135 Å². The summed E-state index contributed by atoms with van der Waals surface area (Å²) >= 11 is 0. The minimum Gasteiger partial charge on any atom is -0.503 e. The minimum absolute atomic E-state index is 0.0535. The van der Waals surface area contributed by atoms with Gasteiger partial charge in [0.2, 0.25) is 5.43 Å². The molecule has 23 heavy (non-hydrogen) atoms. The molecule has 1 aliphatic rings. The molecule has 2 atom stereocenters. The first-order chi connectivity index (χ1) is 10.8. The van der Waals surface area contributed by atoms with E-state index in [1.807, 2.05) is 13.8 Å². The number of carbonyl (C=O) groups is 1. The first-order valence-corrected chi connectivity index (χ1v) is 7.87. The molecule has 0 amide bonds. The van der Waals surface area contributed by atoms with Crippen molar-refractivity contribution in [1.82, 2.24) is 9.47 Å². The summed E-state index contributed by atoms with van der Waals surface area (Å²) in [4.78, 5) is 24.6. The molecule has 0 saturated carbocycles. The third-order valence-electron chi connectivity index (χ3n) is 3.87. The van der Waals surface area contributed by atoms with Gasteiger partial charge in [-0.2, -0.15) is 0 Å². The highest BCUT2D eigenvalue weighted by atomic mass is 16.5. The van der Waals surface area contributed by atoms with E-state index < -0.39 is 11.4 Å². The van der Waals surface area contributed by atoms with Crippen LogP contribution in [0.2, 0.25) is 0 Å². The zero-order valence-electron chi connectivity index (χ0n) is 13.6. The van der Waals surface area contributed by atoms with E-state index >= 15 is 0 Å². The zero-order valence-corrected chi connectivity index (χ0v) is 13.6. The highest BCUT2D eigenvalue weighted by Crippen LogP contribution is 2.15. The number of ether oxygens (including phenoxy) is 1. The van der Waals surface area contributed by atoms with E-state index in [9.17, 15) is 14.7 Å². The summed E-state index contributed by atoms with van der Waals surface area (Å²) < 4.78 is 7.47. The lowest BCUT2D eigenvalue weighted by atomic mass is 10.2. The molecular weight excluding hydrogens is 300 g/mol. The number of pyridine rings is 1. The molecular formula is C16H24N2O5. The Balaban J connectivity index is 2.13. The Morgan fingerprint density at radius 2 is 2.00 bits per heavy atom. The number of hydrogen-bond donors (Lipinski definition) is 2. The van der Waals surface area contributed by atoms with Gasteiger partial charge < -0.3 is 19.5 Å². The van der Waals surface area contributed by atoms with Gasteiger partial charge in [-0.15, -0.1) is 0 Å². The number of aryl methyl sites for hydroxylation is 1. The standard InChI is InChI=1S/C16H24N2O5/c1-11-7-17(8-12(2)23-11)9-13-6-14(19)15(20)10-18(13)5-3-4-16(21)22/h6,10-12,20H,3-5,7-9H2,1-2H3,(H,21,22). The zero-order chi connectivity index (χ0) is 17.0. The van der Waals surface area contributed by atoms with E-state index in [2.05, 4.69) is 4.90 Å². The third-order valence-corrected chi connectivity index (χ3v) is 3.87. The summed E-state index contributed by atoms with van der Waals surface area (Å²) in [6.07, 6.45) is 2.15. The molecule has 2 unspecified atom stereocenters. The summed E-state index contributed by atoms with van der Waals surface area (Å²) in [7, 11) is 0. The van der Waals surface area contributed by atoms with Crippen molar-refractivity contribution >= 4 is 5.97 Å². The summed E-state index contributed by atoms with van der Waals surface area (Å²) in [5, 5.41) is 18.4. The number of carboxylic acids is 1. The molecule has 0 spiro atoms. The fraction of sp³-hybridized carbons (Fsp3) is 0.625. The van der Waals surface area contributed by atoms with Crippen LogP contribution < -0.4 is 5.43 Å². The van der Waals surface area contributed by atoms with Crippen molar-refractivity contribution in [1.29, 1.82) is 0 Å². The molecule has 128 valence electrons. The van der Waals surface area contributed by atoms with Gasteiger partial charge in [-0.1, -0.05) is 0 Å². The number of rotatable bonds is 6. The maximum Gasteiger partial charge on any atom is 0.303 e. The Morgan fingerprint density at radius 3 is 2.61 bits per heavy atom. The van der Waals surface area contributed by atoms with E-state index in [0.717, 1.165) is 18.8 Å². The van der Waals surface area contributed by atoms with E-state index in [4.69, 9.17) is 9.84 Å². The molecule has 7 heteroatoms. The second-order valence-corrected chi connectivity index (χ2v) is 6.16. The number of aromatic hydroxyl groups is 1. The number of aromatic nitrogens is 1. The van der Waals surface area contributed by atoms with Crippen LogP contribution in [0.15, 0.2) is 17.1 Å². The number of aliphatic carboxylic acids is 1. The van der Waals surface area contributed by atoms with Gasteiger partial charge in [0.05, 0.1) is 18.4 Å². The highest BCUT2D eigenvalue weighted by molar-refractivity contribution is 5.66. The van der Waals surface area contributed by atoms with Gasteiger partial charge in [-0.25, -0.2) is 0 Å². The Kier molecular flexibility index (Phi) is 5.79. The van der Waals surface area contributed by atoms with E-state index in [0.29, 0.717) is 19.5 Å². The lowest BCUT2D eigenvalue weighted by molar-refractivity contribution is -0.137. The molecule has 0 aliphatic carbocycles. The third kappa shape index (κ3) is 5.07. The molecule has 1 aliphatic heterocycles. The van der Waals surface area contributed by atoms with Crippen LogP contribution in [-0.2, 0) is 22.6 Å². The predicted octanol–water partition coefficient (Wildman–Crippen LogP) is 1.03. The summed E-state index contributed by atoms with van der Waals surface area (Å²) in [6, 6.07) is 1.43. The van der Waals surface area contributed by atoms with Crippen molar-refractivity contribution in [3.63, 3.8) is 0 Å². The predicted molar refractivity (Wildman–Crippen MR) is 84.5 cm³/mol. The lowest BCUT2D eigenvalue weighted by Crippen LogP contribution is -2.45.